The maximum atomic E-state index is 10.0. The fraction of sp³-hybridized carbons (Fsp3) is 0.538. The minimum atomic E-state index is -0.749. The van der Waals surface area contributed by atoms with E-state index >= 15 is 0 Å². The number of benzene rings is 1. The highest BCUT2D eigenvalue weighted by Gasteiger charge is 2.20. The van der Waals surface area contributed by atoms with Crippen molar-refractivity contribution >= 4 is 0 Å². The summed E-state index contributed by atoms with van der Waals surface area (Å²) in [6.45, 7) is 5.91. The predicted octanol–water partition coefficient (Wildman–Crippen LogP) is 2.40. The molecular weight excluding hydrogens is 188 g/mol. The Bertz CT molecular complexity index is 301. The molecule has 2 N–H and O–H groups in total. The van der Waals surface area contributed by atoms with Gasteiger partial charge in [-0.25, -0.2) is 0 Å². The number of aliphatic hydroxyl groups is 2. The van der Waals surface area contributed by atoms with Crippen molar-refractivity contribution in [2.75, 3.05) is 6.61 Å². The second-order valence-electron chi connectivity index (χ2n) is 4.33. The van der Waals surface area contributed by atoms with Gasteiger partial charge in [0.25, 0.3) is 0 Å². The molecule has 0 aliphatic rings. The lowest BCUT2D eigenvalue weighted by Crippen LogP contribution is -2.19. The van der Waals surface area contributed by atoms with Gasteiger partial charge in [-0.2, -0.15) is 0 Å². The number of hydrogen-bond acceptors (Lipinski definition) is 2. The first kappa shape index (κ1) is 12.2. The third-order valence-corrected chi connectivity index (χ3v) is 3.06. The van der Waals surface area contributed by atoms with E-state index in [0.717, 1.165) is 11.1 Å². The second kappa shape index (κ2) is 4.77. The van der Waals surface area contributed by atoms with Crippen LogP contribution in [-0.4, -0.2) is 16.8 Å². The van der Waals surface area contributed by atoms with E-state index in [4.69, 9.17) is 5.11 Å². The summed E-state index contributed by atoms with van der Waals surface area (Å²) in [5, 5.41) is 19.0. The molecule has 0 aliphatic heterocycles. The zero-order valence-corrected chi connectivity index (χ0v) is 9.70. The molecule has 2 nitrogen and oxygen atoms in total. The Balaban J connectivity index is 2.90. The van der Waals surface area contributed by atoms with Gasteiger partial charge in [0, 0.05) is 12.5 Å². The summed E-state index contributed by atoms with van der Waals surface area (Å²) in [6.07, 6.45) is 0.696. The lowest BCUT2D eigenvalue weighted by atomic mass is 9.91. The lowest BCUT2D eigenvalue weighted by molar-refractivity contribution is 0.0531. The third kappa shape index (κ3) is 2.80. The van der Waals surface area contributed by atoms with Crippen LogP contribution in [0.3, 0.4) is 0 Å². The Labute approximate surface area is 91.6 Å². The highest BCUT2D eigenvalue weighted by molar-refractivity contribution is 5.28. The van der Waals surface area contributed by atoms with Crippen molar-refractivity contribution in [1.82, 2.24) is 0 Å². The summed E-state index contributed by atoms with van der Waals surface area (Å²) in [4.78, 5) is 0. The van der Waals surface area contributed by atoms with Crippen molar-refractivity contribution in [3.63, 3.8) is 0 Å². The number of hydrogen-bond donors (Lipinski definition) is 2. The topological polar surface area (TPSA) is 40.5 Å². The van der Waals surface area contributed by atoms with Crippen molar-refractivity contribution in [3.8, 4) is 0 Å². The van der Waals surface area contributed by atoms with E-state index < -0.39 is 5.60 Å². The van der Waals surface area contributed by atoms with Crippen molar-refractivity contribution in [2.24, 2.45) is 0 Å². The zero-order chi connectivity index (χ0) is 11.5. The van der Waals surface area contributed by atoms with E-state index in [9.17, 15) is 5.11 Å². The van der Waals surface area contributed by atoms with Crippen LogP contribution >= 0.6 is 0 Å². The minimum absolute atomic E-state index is 0.156. The molecule has 0 radical (unpaired) electrons. The van der Waals surface area contributed by atoms with E-state index in [1.165, 1.54) is 0 Å². The Hall–Kier alpha value is -0.860. The van der Waals surface area contributed by atoms with Gasteiger partial charge in [0.2, 0.25) is 0 Å². The fourth-order valence-electron chi connectivity index (χ4n) is 1.48. The molecule has 0 spiro atoms. The molecule has 0 saturated heterocycles. The molecule has 84 valence electrons. The van der Waals surface area contributed by atoms with Crippen molar-refractivity contribution in [1.29, 1.82) is 0 Å². The summed E-state index contributed by atoms with van der Waals surface area (Å²) < 4.78 is 0. The molecule has 2 atom stereocenters. The first-order chi connectivity index (χ1) is 7.01. The average molecular weight is 208 g/mol. The highest BCUT2D eigenvalue weighted by atomic mass is 16.3. The molecule has 0 aliphatic carbocycles. The first-order valence-corrected chi connectivity index (χ1v) is 5.45. The van der Waals surface area contributed by atoms with Crippen LogP contribution in [0.25, 0.3) is 0 Å². The van der Waals surface area contributed by atoms with E-state index in [0.29, 0.717) is 6.42 Å². The summed E-state index contributed by atoms with van der Waals surface area (Å²) in [7, 11) is 0. The Kier molecular flexibility index (Phi) is 3.89. The fourth-order valence-corrected chi connectivity index (χ4v) is 1.48. The smallest absolute Gasteiger partial charge is 0.0865 e. The largest absolute Gasteiger partial charge is 0.396 e. The summed E-state index contributed by atoms with van der Waals surface area (Å²) in [5.74, 6) is 0.158. The first-order valence-electron chi connectivity index (χ1n) is 5.45. The van der Waals surface area contributed by atoms with E-state index in [2.05, 4.69) is 0 Å². The average Bonchev–Trinajstić information content (AvgIpc) is 2.28. The molecule has 1 rings (SSSR count). The van der Waals surface area contributed by atoms with Gasteiger partial charge in [-0.05, 0) is 24.5 Å². The van der Waals surface area contributed by atoms with Gasteiger partial charge in [0.15, 0.2) is 0 Å². The summed E-state index contributed by atoms with van der Waals surface area (Å²) in [6, 6.07) is 7.82. The van der Waals surface area contributed by atoms with Gasteiger partial charge in [-0.15, -0.1) is 0 Å². The van der Waals surface area contributed by atoms with Crippen molar-refractivity contribution in [2.45, 2.75) is 38.7 Å². The van der Waals surface area contributed by atoms with Gasteiger partial charge in [-0.1, -0.05) is 38.1 Å². The van der Waals surface area contributed by atoms with E-state index in [1.807, 2.05) is 45.0 Å². The lowest BCUT2D eigenvalue weighted by Gasteiger charge is -2.22. The molecular formula is C13H20O2. The van der Waals surface area contributed by atoms with Crippen LogP contribution in [0.5, 0.6) is 0 Å². The molecule has 0 heterocycles. The van der Waals surface area contributed by atoms with Gasteiger partial charge < -0.3 is 10.2 Å². The molecule has 0 aromatic heterocycles. The standard InChI is InChI=1S/C13H20O2/c1-4-13(3,15)12-7-5-11(6-8-12)10(2)9-14/h5-8,10,14-15H,4,9H2,1-3H3. The molecule has 1 aromatic carbocycles. The number of rotatable bonds is 4. The maximum Gasteiger partial charge on any atom is 0.0865 e. The van der Waals surface area contributed by atoms with Gasteiger partial charge in [0.05, 0.1) is 5.60 Å². The van der Waals surface area contributed by atoms with Crippen molar-refractivity contribution in [3.05, 3.63) is 35.4 Å². The van der Waals surface area contributed by atoms with E-state index in [1.54, 1.807) is 0 Å². The zero-order valence-electron chi connectivity index (χ0n) is 9.70. The van der Waals surface area contributed by atoms with Crippen LogP contribution in [0.1, 0.15) is 44.2 Å². The maximum absolute atomic E-state index is 10.0. The van der Waals surface area contributed by atoms with E-state index in [-0.39, 0.29) is 12.5 Å². The molecule has 0 fully saturated rings. The quantitative estimate of drug-likeness (QED) is 0.797. The molecule has 2 heteroatoms. The Morgan fingerprint density at radius 1 is 1.27 bits per heavy atom. The minimum Gasteiger partial charge on any atom is -0.396 e. The van der Waals surface area contributed by atoms with Crippen LogP contribution in [0, 0.1) is 0 Å². The predicted molar refractivity (Wildman–Crippen MR) is 61.8 cm³/mol. The highest BCUT2D eigenvalue weighted by Crippen LogP contribution is 2.25. The molecule has 1 aromatic rings. The molecule has 0 bridgehead atoms. The van der Waals surface area contributed by atoms with Crippen LogP contribution in [0.15, 0.2) is 24.3 Å². The number of aliphatic hydroxyl groups excluding tert-OH is 1. The van der Waals surface area contributed by atoms with Gasteiger partial charge >= 0.3 is 0 Å². The van der Waals surface area contributed by atoms with Crippen molar-refractivity contribution < 1.29 is 10.2 Å². The third-order valence-electron chi connectivity index (χ3n) is 3.06. The molecule has 15 heavy (non-hydrogen) atoms. The van der Waals surface area contributed by atoms with Gasteiger partial charge in [-0.3, -0.25) is 0 Å². The Morgan fingerprint density at radius 2 is 1.80 bits per heavy atom. The second-order valence-corrected chi connectivity index (χ2v) is 4.33. The van der Waals surface area contributed by atoms with Gasteiger partial charge in [0.1, 0.15) is 0 Å². The molecule has 0 saturated carbocycles. The normalized spacial score (nSPS) is 17.1. The summed E-state index contributed by atoms with van der Waals surface area (Å²) >= 11 is 0. The van der Waals surface area contributed by atoms with Crippen LogP contribution in [-0.2, 0) is 5.60 Å². The van der Waals surface area contributed by atoms with Crippen LogP contribution in [0.2, 0.25) is 0 Å². The summed E-state index contributed by atoms with van der Waals surface area (Å²) in [5.41, 5.74) is 1.29. The van der Waals surface area contributed by atoms with Crippen LogP contribution in [0.4, 0.5) is 0 Å². The SMILES string of the molecule is CCC(C)(O)c1ccc(C(C)CO)cc1. The Morgan fingerprint density at radius 3 is 2.20 bits per heavy atom. The molecule has 0 amide bonds. The molecule has 2 unspecified atom stereocenters. The van der Waals surface area contributed by atoms with Crippen LogP contribution < -0.4 is 0 Å². The monoisotopic (exact) mass is 208 g/mol.